The standard InChI is InChI=1S/C12H7BrN2O2S/c13-7-8(12(16)17)14-10-9(7)18-11(15-10)6-4-2-1-3-5-6/h1-5,14H,(H,16,17). The summed E-state index contributed by atoms with van der Waals surface area (Å²) in [6.07, 6.45) is 0. The van der Waals surface area contributed by atoms with Crippen molar-refractivity contribution in [3.05, 3.63) is 40.5 Å². The molecule has 0 radical (unpaired) electrons. The maximum absolute atomic E-state index is 11.0. The van der Waals surface area contributed by atoms with Crippen molar-refractivity contribution < 1.29 is 9.90 Å². The van der Waals surface area contributed by atoms with Crippen LogP contribution in [0.3, 0.4) is 0 Å². The summed E-state index contributed by atoms with van der Waals surface area (Å²) in [5, 5.41) is 9.86. The highest BCUT2D eigenvalue weighted by molar-refractivity contribution is 9.10. The Balaban J connectivity index is 2.17. The van der Waals surface area contributed by atoms with E-state index in [0.717, 1.165) is 15.3 Å². The van der Waals surface area contributed by atoms with Crippen molar-refractivity contribution >= 4 is 43.6 Å². The van der Waals surface area contributed by atoms with Gasteiger partial charge in [0.1, 0.15) is 10.7 Å². The van der Waals surface area contributed by atoms with Gasteiger partial charge >= 0.3 is 5.97 Å². The number of aromatic carboxylic acids is 1. The molecule has 2 aromatic heterocycles. The lowest BCUT2D eigenvalue weighted by Crippen LogP contribution is -1.96. The van der Waals surface area contributed by atoms with Crippen molar-refractivity contribution in [3.8, 4) is 10.6 Å². The van der Waals surface area contributed by atoms with Gasteiger partial charge in [0.15, 0.2) is 5.65 Å². The molecule has 0 bridgehead atoms. The van der Waals surface area contributed by atoms with E-state index in [2.05, 4.69) is 25.9 Å². The number of aromatic nitrogens is 2. The highest BCUT2D eigenvalue weighted by atomic mass is 79.9. The summed E-state index contributed by atoms with van der Waals surface area (Å²) in [6.45, 7) is 0. The van der Waals surface area contributed by atoms with E-state index in [4.69, 9.17) is 5.11 Å². The topological polar surface area (TPSA) is 66.0 Å². The Labute approximate surface area is 114 Å². The number of hydrogen-bond acceptors (Lipinski definition) is 3. The molecule has 0 atom stereocenters. The van der Waals surface area contributed by atoms with Crippen LogP contribution in [0.5, 0.6) is 0 Å². The number of nitrogens with one attached hydrogen (secondary N) is 1. The van der Waals surface area contributed by atoms with E-state index < -0.39 is 5.97 Å². The van der Waals surface area contributed by atoms with Crippen LogP contribution in [0, 0.1) is 0 Å². The first-order chi connectivity index (χ1) is 8.66. The summed E-state index contributed by atoms with van der Waals surface area (Å²) in [7, 11) is 0. The van der Waals surface area contributed by atoms with Gasteiger partial charge in [-0.25, -0.2) is 9.78 Å². The maximum Gasteiger partial charge on any atom is 0.353 e. The number of thiazole rings is 1. The minimum absolute atomic E-state index is 0.142. The predicted octanol–water partition coefficient (Wildman–Crippen LogP) is 3.75. The summed E-state index contributed by atoms with van der Waals surface area (Å²) in [4.78, 5) is 18.2. The Morgan fingerprint density at radius 2 is 2.06 bits per heavy atom. The van der Waals surface area contributed by atoms with Crippen molar-refractivity contribution in [2.45, 2.75) is 0 Å². The van der Waals surface area contributed by atoms with Crippen LogP contribution in [0.15, 0.2) is 34.8 Å². The molecule has 0 aliphatic rings. The molecule has 3 rings (SSSR count). The first-order valence-corrected chi connectivity index (χ1v) is 6.74. The van der Waals surface area contributed by atoms with E-state index in [-0.39, 0.29) is 5.69 Å². The van der Waals surface area contributed by atoms with E-state index in [1.54, 1.807) is 0 Å². The van der Waals surface area contributed by atoms with Gasteiger partial charge in [0, 0.05) is 5.56 Å². The number of rotatable bonds is 2. The molecule has 1 aromatic carbocycles. The zero-order chi connectivity index (χ0) is 12.7. The average Bonchev–Trinajstić information content (AvgIpc) is 2.91. The number of hydrogen-bond donors (Lipinski definition) is 2. The first-order valence-electron chi connectivity index (χ1n) is 5.13. The van der Waals surface area contributed by atoms with Gasteiger partial charge in [-0.05, 0) is 15.9 Å². The second-order valence-electron chi connectivity index (χ2n) is 3.68. The number of halogens is 1. The molecule has 0 saturated carbocycles. The third-order valence-corrected chi connectivity index (χ3v) is 4.70. The first kappa shape index (κ1) is 11.4. The summed E-state index contributed by atoms with van der Waals surface area (Å²) in [5.41, 5.74) is 1.77. The second kappa shape index (κ2) is 4.22. The van der Waals surface area contributed by atoms with Crippen molar-refractivity contribution in [2.75, 3.05) is 0 Å². The molecular weight excluding hydrogens is 316 g/mol. The lowest BCUT2D eigenvalue weighted by molar-refractivity contribution is 0.0690. The van der Waals surface area contributed by atoms with Crippen molar-refractivity contribution in [1.82, 2.24) is 9.97 Å². The summed E-state index contributed by atoms with van der Waals surface area (Å²) >= 11 is 4.76. The third-order valence-electron chi connectivity index (χ3n) is 2.52. The molecule has 18 heavy (non-hydrogen) atoms. The fourth-order valence-electron chi connectivity index (χ4n) is 1.69. The van der Waals surface area contributed by atoms with E-state index in [0.29, 0.717) is 10.1 Å². The number of fused-ring (bicyclic) bond motifs is 1. The Kier molecular flexibility index (Phi) is 2.68. The number of H-pyrrole nitrogens is 1. The molecule has 0 unspecified atom stereocenters. The number of carbonyl (C=O) groups is 1. The molecule has 3 aromatic rings. The van der Waals surface area contributed by atoms with Gasteiger partial charge in [-0.3, -0.25) is 0 Å². The zero-order valence-electron chi connectivity index (χ0n) is 8.98. The van der Waals surface area contributed by atoms with Crippen LogP contribution in [0.4, 0.5) is 0 Å². The van der Waals surface area contributed by atoms with Gasteiger partial charge in [0.2, 0.25) is 0 Å². The van der Waals surface area contributed by atoms with Gasteiger partial charge < -0.3 is 10.1 Å². The van der Waals surface area contributed by atoms with Crippen LogP contribution < -0.4 is 0 Å². The van der Waals surface area contributed by atoms with Crippen LogP contribution in [0.25, 0.3) is 20.9 Å². The van der Waals surface area contributed by atoms with E-state index in [1.165, 1.54) is 11.3 Å². The number of nitrogens with zero attached hydrogens (tertiary/aromatic N) is 1. The minimum Gasteiger partial charge on any atom is -0.477 e. The van der Waals surface area contributed by atoms with Crippen LogP contribution >= 0.6 is 27.3 Å². The van der Waals surface area contributed by atoms with Crippen LogP contribution in [-0.4, -0.2) is 21.0 Å². The van der Waals surface area contributed by atoms with Gasteiger partial charge in [-0.2, -0.15) is 0 Å². The number of carboxylic acids is 1. The number of aromatic amines is 1. The highest BCUT2D eigenvalue weighted by Crippen LogP contribution is 2.36. The SMILES string of the molecule is O=C(O)c1[nH]c2nc(-c3ccccc3)sc2c1Br. The molecule has 2 heterocycles. The fourth-order valence-corrected chi connectivity index (χ4v) is 3.36. The largest absolute Gasteiger partial charge is 0.477 e. The van der Waals surface area contributed by atoms with Crippen molar-refractivity contribution in [2.24, 2.45) is 0 Å². The Morgan fingerprint density at radius 1 is 1.33 bits per heavy atom. The molecule has 2 N–H and O–H groups in total. The second-order valence-corrected chi connectivity index (χ2v) is 5.47. The Morgan fingerprint density at radius 3 is 2.67 bits per heavy atom. The van der Waals surface area contributed by atoms with Crippen LogP contribution in [-0.2, 0) is 0 Å². The summed E-state index contributed by atoms with van der Waals surface area (Å²) < 4.78 is 1.39. The number of benzene rings is 1. The molecule has 0 saturated heterocycles. The number of carboxylic acid groups (broad SMARTS) is 1. The predicted molar refractivity (Wildman–Crippen MR) is 74.1 cm³/mol. The van der Waals surface area contributed by atoms with Crippen molar-refractivity contribution in [1.29, 1.82) is 0 Å². The Hall–Kier alpha value is -1.66. The molecule has 0 fully saturated rings. The molecule has 0 amide bonds. The van der Waals surface area contributed by atoms with Crippen molar-refractivity contribution in [3.63, 3.8) is 0 Å². The minimum atomic E-state index is -0.992. The molecule has 0 spiro atoms. The highest BCUT2D eigenvalue weighted by Gasteiger charge is 2.18. The quantitative estimate of drug-likeness (QED) is 0.755. The molecule has 0 aliphatic carbocycles. The van der Waals surface area contributed by atoms with E-state index >= 15 is 0 Å². The molecule has 4 nitrogen and oxygen atoms in total. The zero-order valence-corrected chi connectivity index (χ0v) is 11.4. The average molecular weight is 323 g/mol. The van der Waals surface area contributed by atoms with Crippen LogP contribution in [0.1, 0.15) is 10.5 Å². The lowest BCUT2D eigenvalue weighted by atomic mass is 10.2. The lowest BCUT2D eigenvalue weighted by Gasteiger charge is -1.93. The summed E-state index contributed by atoms with van der Waals surface area (Å²) in [6, 6.07) is 9.79. The maximum atomic E-state index is 11.0. The van der Waals surface area contributed by atoms with Gasteiger partial charge in [0.25, 0.3) is 0 Å². The normalized spacial score (nSPS) is 10.9. The van der Waals surface area contributed by atoms with E-state index in [1.807, 2.05) is 30.3 Å². The third kappa shape index (κ3) is 1.74. The van der Waals surface area contributed by atoms with E-state index in [9.17, 15) is 4.79 Å². The molecule has 6 heteroatoms. The van der Waals surface area contributed by atoms with Crippen LogP contribution in [0.2, 0.25) is 0 Å². The van der Waals surface area contributed by atoms with Gasteiger partial charge in [0.05, 0.1) is 9.17 Å². The van der Waals surface area contributed by atoms with Gasteiger partial charge in [-0.1, -0.05) is 30.3 Å². The fraction of sp³-hybridized carbons (Fsp3) is 0. The molecular formula is C12H7BrN2O2S. The molecule has 0 aliphatic heterocycles. The van der Waals surface area contributed by atoms with Gasteiger partial charge in [-0.15, -0.1) is 11.3 Å². The monoisotopic (exact) mass is 322 g/mol. The Bertz CT molecular complexity index is 733. The summed E-state index contributed by atoms with van der Waals surface area (Å²) in [5.74, 6) is -0.992. The molecule has 90 valence electrons. The smallest absolute Gasteiger partial charge is 0.353 e.